The summed E-state index contributed by atoms with van der Waals surface area (Å²) in [7, 11) is 3.10. The molecule has 0 unspecified atom stereocenters. The van der Waals surface area contributed by atoms with Gasteiger partial charge in [0.05, 0.1) is 18.3 Å². The first-order chi connectivity index (χ1) is 12.0. The van der Waals surface area contributed by atoms with E-state index in [2.05, 4.69) is 0 Å². The number of furan rings is 1. The molecule has 1 aromatic carbocycles. The third-order valence-electron chi connectivity index (χ3n) is 3.40. The number of ether oxygens (including phenoxy) is 2. The van der Waals surface area contributed by atoms with Crippen LogP contribution in [0.2, 0.25) is 0 Å². The van der Waals surface area contributed by atoms with Crippen LogP contribution in [-0.4, -0.2) is 35.3 Å². The molecule has 1 saturated heterocycles. The van der Waals surface area contributed by atoms with Crippen molar-refractivity contribution in [3.05, 3.63) is 52.8 Å². The van der Waals surface area contributed by atoms with Gasteiger partial charge in [0.15, 0.2) is 11.5 Å². The maximum Gasteiger partial charge on any atom is 0.379 e. The number of carbonyl (C=O) groups is 2. The van der Waals surface area contributed by atoms with Crippen LogP contribution in [0, 0.1) is 0 Å². The summed E-state index contributed by atoms with van der Waals surface area (Å²) in [6.07, 6.45) is 3.10. The van der Waals surface area contributed by atoms with Gasteiger partial charge in [0.1, 0.15) is 4.32 Å². The fraction of sp³-hybridized carbons (Fsp3) is 0.118. The van der Waals surface area contributed by atoms with Gasteiger partial charge in [-0.05, 0) is 35.9 Å². The summed E-state index contributed by atoms with van der Waals surface area (Å²) in [6.45, 7) is 0. The average molecular weight is 375 g/mol. The number of benzene rings is 1. The largest absolute Gasteiger partial charge is 0.493 e. The molecular formula is C17H13NO5S2. The van der Waals surface area contributed by atoms with Gasteiger partial charge in [0.25, 0.3) is 5.91 Å². The number of esters is 1. The van der Waals surface area contributed by atoms with E-state index in [0.717, 1.165) is 5.56 Å². The highest BCUT2D eigenvalue weighted by atomic mass is 32.2. The number of thiocarbonyl (C=S) groups is 1. The van der Waals surface area contributed by atoms with E-state index in [1.807, 2.05) is 0 Å². The number of nitrogens with zero attached hydrogens (tertiary/aromatic N) is 1. The van der Waals surface area contributed by atoms with Crippen molar-refractivity contribution < 1.29 is 23.5 Å². The molecule has 1 aliphatic heterocycles. The molecule has 0 spiro atoms. The fourth-order valence-electron chi connectivity index (χ4n) is 2.10. The minimum absolute atomic E-state index is 0.0951. The van der Waals surface area contributed by atoms with Gasteiger partial charge in [0, 0.05) is 7.05 Å². The van der Waals surface area contributed by atoms with Crippen LogP contribution in [0.1, 0.15) is 16.1 Å². The Balaban J connectivity index is 1.84. The summed E-state index contributed by atoms with van der Waals surface area (Å²) in [6, 6.07) is 8.09. The van der Waals surface area contributed by atoms with Crippen LogP contribution < -0.4 is 9.47 Å². The molecule has 128 valence electrons. The van der Waals surface area contributed by atoms with Crippen LogP contribution in [-0.2, 0) is 4.79 Å². The van der Waals surface area contributed by atoms with E-state index in [4.69, 9.17) is 26.1 Å². The Kier molecular flexibility index (Phi) is 4.91. The van der Waals surface area contributed by atoms with Gasteiger partial charge in [0.2, 0.25) is 5.76 Å². The van der Waals surface area contributed by atoms with Crippen molar-refractivity contribution in [3.8, 4) is 11.5 Å². The maximum atomic E-state index is 12.1. The van der Waals surface area contributed by atoms with Gasteiger partial charge >= 0.3 is 5.97 Å². The van der Waals surface area contributed by atoms with Crippen molar-refractivity contribution in [2.24, 2.45) is 0 Å². The zero-order valence-electron chi connectivity index (χ0n) is 13.3. The average Bonchev–Trinajstić information content (AvgIpc) is 3.22. The fourth-order valence-corrected chi connectivity index (χ4v) is 3.28. The quantitative estimate of drug-likeness (QED) is 0.351. The van der Waals surface area contributed by atoms with E-state index in [1.165, 1.54) is 36.1 Å². The first-order valence-corrected chi connectivity index (χ1v) is 8.37. The van der Waals surface area contributed by atoms with Crippen LogP contribution >= 0.6 is 24.0 Å². The highest BCUT2D eigenvalue weighted by Gasteiger charge is 2.28. The third kappa shape index (κ3) is 3.59. The SMILES string of the molecule is COc1cc(/C=C2\SC(=S)N(C)C2=O)ccc1OC(=O)c1ccco1. The molecule has 1 amide bonds. The minimum atomic E-state index is -0.622. The Hall–Kier alpha value is -2.58. The van der Waals surface area contributed by atoms with Crippen LogP contribution in [0.5, 0.6) is 11.5 Å². The van der Waals surface area contributed by atoms with Gasteiger partial charge in [-0.1, -0.05) is 30.0 Å². The Morgan fingerprint density at radius 1 is 1.32 bits per heavy atom. The van der Waals surface area contributed by atoms with E-state index >= 15 is 0 Å². The lowest BCUT2D eigenvalue weighted by atomic mass is 10.2. The van der Waals surface area contributed by atoms with Gasteiger partial charge in [-0.25, -0.2) is 4.79 Å². The Bertz CT molecular complexity index is 873. The topological polar surface area (TPSA) is 69.0 Å². The molecule has 6 nitrogen and oxygen atoms in total. The molecule has 3 rings (SSSR count). The molecule has 0 bridgehead atoms. The summed E-state index contributed by atoms with van der Waals surface area (Å²) in [5.41, 5.74) is 0.726. The smallest absolute Gasteiger partial charge is 0.379 e. The van der Waals surface area contributed by atoms with Crippen molar-refractivity contribution >= 4 is 46.3 Å². The van der Waals surface area contributed by atoms with Crippen molar-refractivity contribution in [2.45, 2.75) is 0 Å². The van der Waals surface area contributed by atoms with Crippen molar-refractivity contribution in [1.29, 1.82) is 0 Å². The van der Waals surface area contributed by atoms with Crippen molar-refractivity contribution in [1.82, 2.24) is 4.90 Å². The van der Waals surface area contributed by atoms with E-state index < -0.39 is 5.97 Å². The van der Waals surface area contributed by atoms with Crippen LogP contribution in [0.4, 0.5) is 0 Å². The van der Waals surface area contributed by atoms with E-state index in [0.29, 0.717) is 15.0 Å². The van der Waals surface area contributed by atoms with Crippen molar-refractivity contribution in [2.75, 3.05) is 14.2 Å². The molecule has 25 heavy (non-hydrogen) atoms. The Labute approximate surface area is 153 Å². The standard InChI is InChI=1S/C17H13NO5S2/c1-18-15(19)14(25-17(18)24)9-10-5-6-11(13(8-10)21-2)23-16(20)12-4-3-7-22-12/h3-9H,1-2H3/b14-9-. The number of amides is 1. The summed E-state index contributed by atoms with van der Waals surface area (Å²) in [4.78, 5) is 26.0. The number of hydrogen-bond acceptors (Lipinski definition) is 7. The number of methoxy groups -OCH3 is 1. The predicted molar refractivity (Wildman–Crippen MR) is 97.6 cm³/mol. The zero-order valence-corrected chi connectivity index (χ0v) is 15.0. The second-order valence-corrected chi connectivity index (χ2v) is 6.69. The lowest BCUT2D eigenvalue weighted by Gasteiger charge is -2.09. The molecule has 1 fully saturated rings. The lowest BCUT2D eigenvalue weighted by Crippen LogP contribution is -2.22. The molecule has 0 saturated carbocycles. The Morgan fingerprint density at radius 3 is 2.72 bits per heavy atom. The van der Waals surface area contributed by atoms with Gasteiger partial charge in [-0.2, -0.15) is 0 Å². The van der Waals surface area contributed by atoms with Crippen LogP contribution in [0.3, 0.4) is 0 Å². The van der Waals surface area contributed by atoms with E-state index in [9.17, 15) is 9.59 Å². The van der Waals surface area contributed by atoms with Gasteiger partial charge in [-0.3, -0.25) is 9.69 Å². The van der Waals surface area contributed by atoms with Crippen LogP contribution in [0.25, 0.3) is 6.08 Å². The highest BCUT2D eigenvalue weighted by Crippen LogP contribution is 2.34. The molecule has 8 heteroatoms. The summed E-state index contributed by atoms with van der Waals surface area (Å²) < 4.78 is 16.1. The highest BCUT2D eigenvalue weighted by molar-refractivity contribution is 8.26. The molecule has 0 N–H and O–H groups in total. The maximum absolute atomic E-state index is 12.1. The molecule has 0 atom stereocenters. The zero-order chi connectivity index (χ0) is 18.0. The molecular weight excluding hydrogens is 362 g/mol. The van der Waals surface area contributed by atoms with Crippen molar-refractivity contribution in [3.63, 3.8) is 0 Å². The third-order valence-corrected chi connectivity index (χ3v) is 4.88. The predicted octanol–water partition coefficient (Wildman–Crippen LogP) is 3.34. The number of likely N-dealkylation sites (N-methyl/N-ethyl adjacent to an activating group) is 1. The van der Waals surface area contributed by atoms with Gasteiger partial charge < -0.3 is 13.9 Å². The molecule has 1 aromatic heterocycles. The first kappa shape index (κ1) is 17.2. The minimum Gasteiger partial charge on any atom is -0.493 e. The molecule has 2 heterocycles. The summed E-state index contributed by atoms with van der Waals surface area (Å²) in [5, 5.41) is 0. The molecule has 2 aromatic rings. The first-order valence-electron chi connectivity index (χ1n) is 7.15. The monoisotopic (exact) mass is 375 g/mol. The lowest BCUT2D eigenvalue weighted by molar-refractivity contribution is -0.121. The summed E-state index contributed by atoms with van der Waals surface area (Å²) in [5.74, 6) is -0.0623. The summed E-state index contributed by atoms with van der Waals surface area (Å²) >= 11 is 6.34. The number of thioether (sulfide) groups is 1. The number of carbonyl (C=O) groups excluding carboxylic acids is 2. The second-order valence-electron chi connectivity index (χ2n) is 5.02. The van der Waals surface area contributed by atoms with E-state index in [1.54, 1.807) is 37.4 Å². The molecule has 0 aliphatic carbocycles. The normalized spacial score (nSPS) is 15.8. The molecule has 0 radical (unpaired) electrons. The second kappa shape index (κ2) is 7.12. The molecule has 1 aliphatic rings. The Morgan fingerprint density at radius 2 is 2.12 bits per heavy atom. The van der Waals surface area contributed by atoms with Crippen LogP contribution in [0.15, 0.2) is 45.9 Å². The number of rotatable bonds is 4. The van der Waals surface area contributed by atoms with Gasteiger partial charge in [-0.15, -0.1) is 0 Å². The van der Waals surface area contributed by atoms with E-state index in [-0.39, 0.29) is 17.4 Å². The number of hydrogen-bond donors (Lipinski definition) is 0.